The molecule has 3 N–H and O–H groups in total. The molecule has 8 heteroatoms. The number of thiophene rings is 1. The van der Waals surface area contributed by atoms with E-state index in [2.05, 4.69) is 20.2 Å². The summed E-state index contributed by atoms with van der Waals surface area (Å²) in [6.45, 7) is 8.62. The van der Waals surface area contributed by atoms with Gasteiger partial charge >= 0.3 is 0 Å². The van der Waals surface area contributed by atoms with E-state index < -0.39 is 0 Å². The topological polar surface area (TPSA) is 65.5 Å². The zero-order valence-electron chi connectivity index (χ0n) is 13.7. The molecule has 0 aliphatic carbocycles. The molecule has 3 heterocycles. The minimum atomic E-state index is -0.0127. The van der Waals surface area contributed by atoms with E-state index in [4.69, 9.17) is 12.2 Å². The van der Waals surface area contributed by atoms with Crippen LogP contribution in [-0.2, 0) is 6.54 Å². The van der Waals surface area contributed by atoms with E-state index in [1.165, 1.54) is 4.90 Å². The number of fused-ring (bicyclic) bond motifs is 1. The summed E-state index contributed by atoms with van der Waals surface area (Å²) in [5.41, 5.74) is 1.04. The molecule has 2 aromatic rings. The van der Waals surface area contributed by atoms with Gasteiger partial charge in [0.15, 0.2) is 10.9 Å². The molecule has 2 aromatic heterocycles. The lowest BCUT2D eigenvalue weighted by molar-refractivity contribution is -0.918. The summed E-state index contributed by atoms with van der Waals surface area (Å²) >= 11 is 6.88. The minimum Gasteiger partial charge on any atom is -0.366 e. The summed E-state index contributed by atoms with van der Waals surface area (Å²) in [7, 11) is 1.86. The smallest absolute Gasteiger partial charge is 0.260 e. The Hall–Kier alpha value is -1.51. The van der Waals surface area contributed by atoms with E-state index >= 15 is 0 Å². The normalized spacial score (nSPS) is 16.0. The number of rotatable bonds is 2. The third kappa shape index (κ3) is 3.24. The third-order valence-corrected chi connectivity index (χ3v) is 6.04. The quantitative estimate of drug-likeness (QED) is 0.654. The maximum atomic E-state index is 12.3. The molecule has 6 nitrogen and oxygen atoms in total. The van der Waals surface area contributed by atoms with Gasteiger partial charge in [0.25, 0.3) is 5.56 Å². The SMILES string of the molecule is CNC(=S)N1CC[NH+](Cc2nc3sc(C)c(C)c3c(=O)[nH]2)CC1. The van der Waals surface area contributed by atoms with Crippen LogP contribution in [0.2, 0.25) is 0 Å². The molecule has 0 saturated carbocycles. The largest absolute Gasteiger partial charge is 0.366 e. The highest BCUT2D eigenvalue weighted by atomic mass is 32.1. The Morgan fingerprint density at radius 2 is 2.13 bits per heavy atom. The third-order valence-electron chi connectivity index (χ3n) is 4.48. The van der Waals surface area contributed by atoms with Crippen molar-refractivity contribution in [1.82, 2.24) is 20.2 Å². The lowest BCUT2D eigenvalue weighted by Gasteiger charge is -2.33. The lowest BCUT2D eigenvalue weighted by atomic mass is 10.2. The Balaban J connectivity index is 1.73. The van der Waals surface area contributed by atoms with Crippen molar-refractivity contribution in [2.45, 2.75) is 20.4 Å². The molecule has 0 bridgehead atoms. The van der Waals surface area contributed by atoms with E-state index in [-0.39, 0.29) is 5.56 Å². The van der Waals surface area contributed by atoms with E-state index in [0.717, 1.165) is 64.3 Å². The standard InChI is InChI=1S/C15H21N5OS2/c1-9-10(2)23-14-12(9)13(21)17-11(18-14)8-19-4-6-20(7-5-19)15(22)16-3/h4-8H2,1-3H3,(H,16,22)(H,17,18,21)/p+1. The molecule has 0 amide bonds. The monoisotopic (exact) mass is 352 g/mol. The number of hydrogen-bond donors (Lipinski definition) is 3. The van der Waals surface area contributed by atoms with Crippen LogP contribution in [0.1, 0.15) is 16.3 Å². The highest BCUT2D eigenvalue weighted by Gasteiger charge is 2.22. The molecule has 0 aromatic carbocycles. The average molecular weight is 353 g/mol. The molecule has 124 valence electrons. The van der Waals surface area contributed by atoms with Crippen LogP contribution in [0.3, 0.4) is 0 Å². The first-order valence-corrected chi connectivity index (χ1v) is 9.01. The fraction of sp³-hybridized carbons (Fsp3) is 0.533. The van der Waals surface area contributed by atoms with Crippen molar-refractivity contribution in [2.24, 2.45) is 0 Å². The second-order valence-electron chi connectivity index (χ2n) is 5.94. The van der Waals surface area contributed by atoms with Crippen molar-refractivity contribution in [1.29, 1.82) is 0 Å². The predicted octanol–water partition coefficient (Wildman–Crippen LogP) is -0.194. The first-order valence-electron chi connectivity index (χ1n) is 7.78. The van der Waals surface area contributed by atoms with Crippen LogP contribution in [0.15, 0.2) is 4.79 Å². The summed E-state index contributed by atoms with van der Waals surface area (Å²) in [5, 5.41) is 4.58. The molecule has 23 heavy (non-hydrogen) atoms. The van der Waals surface area contributed by atoms with Gasteiger partial charge in [-0.2, -0.15) is 0 Å². The van der Waals surface area contributed by atoms with Gasteiger partial charge < -0.3 is 20.1 Å². The Labute approximate surface area is 144 Å². The average Bonchev–Trinajstić information content (AvgIpc) is 2.82. The van der Waals surface area contributed by atoms with Crippen LogP contribution in [0, 0.1) is 13.8 Å². The first kappa shape index (κ1) is 16.4. The van der Waals surface area contributed by atoms with Gasteiger partial charge in [0.05, 0.1) is 31.6 Å². The summed E-state index contributed by atoms with van der Waals surface area (Å²) in [4.78, 5) is 25.6. The molecule has 0 atom stereocenters. The van der Waals surface area contributed by atoms with E-state index in [1.807, 2.05) is 20.9 Å². The number of nitrogens with one attached hydrogen (secondary N) is 3. The van der Waals surface area contributed by atoms with Crippen LogP contribution in [0.5, 0.6) is 0 Å². The van der Waals surface area contributed by atoms with Crippen molar-refractivity contribution in [2.75, 3.05) is 33.2 Å². The van der Waals surface area contributed by atoms with Gasteiger partial charge in [-0.25, -0.2) is 4.98 Å². The molecule has 3 rings (SSSR count). The van der Waals surface area contributed by atoms with Crippen molar-refractivity contribution < 1.29 is 4.90 Å². The zero-order valence-corrected chi connectivity index (χ0v) is 15.3. The predicted molar refractivity (Wildman–Crippen MR) is 97.3 cm³/mol. The highest BCUT2D eigenvalue weighted by Crippen LogP contribution is 2.25. The molecule has 0 radical (unpaired) electrons. The molecule has 1 aliphatic heterocycles. The number of quaternary nitrogens is 1. The van der Waals surface area contributed by atoms with Gasteiger partial charge in [-0.05, 0) is 31.6 Å². The molecular weight excluding hydrogens is 330 g/mol. The summed E-state index contributed by atoms with van der Waals surface area (Å²) < 4.78 is 0. The van der Waals surface area contributed by atoms with Gasteiger partial charge in [0.2, 0.25) is 0 Å². The summed E-state index contributed by atoms with van der Waals surface area (Å²) in [6.07, 6.45) is 0. The maximum absolute atomic E-state index is 12.3. The van der Waals surface area contributed by atoms with Crippen molar-refractivity contribution in [3.63, 3.8) is 0 Å². The number of hydrogen-bond acceptors (Lipinski definition) is 4. The van der Waals surface area contributed by atoms with E-state index in [9.17, 15) is 4.79 Å². The second-order valence-corrected chi connectivity index (χ2v) is 7.53. The molecule has 1 fully saturated rings. The Morgan fingerprint density at radius 1 is 1.43 bits per heavy atom. The maximum Gasteiger partial charge on any atom is 0.260 e. The van der Waals surface area contributed by atoms with Gasteiger partial charge in [-0.3, -0.25) is 4.79 Å². The number of aryl methyl sites for hydroxylation is 2. The lowest BCUT2D eigenvalue weighted by Crippen LogP contribution is -3.13. The van der Waals surface area contributed by atoms with Crippen LogP contribution < -0.4 is 15.8 Å². The van der Waals surface area contributed by atoms with Crippen LogP contribution in [-0.4, -0.2) is 53.2 Å². The van der Waals surface area contributed by atoms with E-state index in [1.54, 1.807) is 11.3 Å². The first-order chi connectivity index (χ1) is 11.0. The van der Waals surface area contributed by atoms with E-state index in [0.29, 0.717) is 0 Å². The van der Waals surface area contributed by atoms with Crippen molar-refractivity contribution >= 4 is 38.9 Å². The highest BCUT2D eigenvalue weighted by molar-refractivity contribution is 7.80. The fourth-order valence-electron chi connectivity index (χ4n) is 2.98. The number of aromatic nitrogens is 2. The summed E-state index contributed by atoms with van der Waals surface area (Å²) in [6, 6.07) is 0. The second kappa shape index (κ2) is 6.54. The molecule has 0 unspecified atom stereocenters. The molecule has 1 saturated heterocycles. The number of thiocarbonyl (C=S) groups is 1. The Morgan fingerprint density at radius 3 is 2.78 bits per heavy atom. The van der Waals surface area contributed by atoms with Gasteiger partial charge in [-0.1, -0.05) is 0 Å². The van der Waals surface area contributed by atoms with Crippen LogP contribution in [0.4, 0.5) is 0 Å². The number of piperazine rings is 1. The Bertz CT molecular complexity index is 789. The summed E-state index contributed by atoms with van der Waals surface area (Å²) in [5.74, 6) is 0.781. The number of H-pyrrole nitrogens is 1. The van der Waals surface area contributed by atoms with Gasteiger partial charge in [0, 0.05) is 11.9 Å². The zero-order chi connectivity index (χ0) is 16.6. The number of nitrogens with zero attached hydrogens (tertiary/aromatic N) is 2. The minimum absolute atomic E-state index is 0.0127. The van der Waals surface area contributed by atoms with Crippen LogP contribution >= 0.6 is 23.6 Å². The number of aromatic amines is 1. The van der Waals surface area contributed by atoms with Crippen molar-refractivity contribution in [3.05, 3.63) is 26.6 Å². The van der Waals surface area contributed by atoms with Gasteiger partial charge in [-0.15, -0.1) is 11.3 Å². The Kier molecular flexibility index (Phi) is 4.65. The molecule has 0 spiro atoms. The van der Waals surface area contributed by atoms with Gasteiger partial charge in [0.1, 0.15) is 11.4 Å². The van der Waals surface area contributed by atoms with Crippen LogP contribution in [0.25, 0.3) is 10.2 Å². The van der Waals surface area contributed by atoms with Crippen molar-refractivity contribution in [3.8, 4) is 0 Å². The molecule has 1 aliphatic rings. The fourth-order valence-corrected chi connectivity index (χ4v) is 4.21. The molecular formula is C15H22N5OS2+.